The van der Waals surface area contributed by atoms with Crippen molar-refractivity contribution in [3.05, 3.63) is 0 Å². The molecule has 0 aliphatic carbocycles. The van der Waals surface area contributed by atoms with E-state index in [9.17, 15) is 4.79 Å². The molecule has 1 saturated heterocycles. The number of hydrogen-bond donors (Lipinski definition) is 1. The highest BCUT2D eigenvalue weighted by Gasteiger charge is 2.21. The summed E-state index contributed by atoms with van der Waals surface area (Å²) in [4.78, 5) is 16.8. The van der Waals surface area contributed by atoms with E-state index in [1.54, 1.807) is 0 Å². The van der Waals surface area contributed by atoms with Gasteiger partial charge in [0.05, 0.1) is 4.99 Å². The van der Waals surface area contributed by atoms with Crippen molar-refractivity contribution in [2.24, 2.45) is 11.7 Å². The van der Waals surface area contributed by atoms with Gasteiger partial charge in [0.1, 0.15) is 0 Å². The molecule has 2 N–H and O–H groups in total. The standard InChI is InChI=1S/C13H25N3OS/c1-3-4-5-12(17)16-8-6-15(7-9-16)10-11(2)13(14)18/h11H,3-10H2,1-2H3,(H2,14,18). The molecule has 1 fully saturated rings. The van der Waals surface area contributed by atoms with Crippen LogP contribution in [0.5, 0.6) is 0 Å². The summed E-state index contributed by atoms with van der Waals surface area (Å²) < 4.78 is 0. The fourth-order valence-corrected chi connectivity index (χ4v) is 2.22. The molecule has 1 atom stereocenters. The van der Waals surface area contributed by atoms with E-state index < -0.39 is 0 Å². The summed E-state index contributed by atoms with van der Waals surface area (Å²) in [5.74, 6) is 0.557. The Bertz CT molecular complexity index is 288. The molecular weight excluding hydrogens is 246 g/mol. The van der Waals surface area contributed by atoms with Crippen molar-refractivity contribution >= 4 is 23.1 Å². The number of amides is 1. The van der Waals surface area contributed by atoms with Crippen molar-refractivity contribution in [2.45, 2.75) is 33.1 Å². The summed E-state index contributed by atoms with van der Waals surface area (Å²) in [5.41, 5.74) is 5.62. The van der Waals surface area contributed by atoms with Gasteiger partial charge in [-0.3, -0.25) is 9.69 Å². The van der Waals surface area contributed by atoms with Crippen molar-refractivity contribution in [3.8, 4) is 0 Å². The third-order valence-corrected chi connectivity index (χ3v) is 3.89. The molecular formula is C13H25N3OS. The summed E-state index contributed by atoms with van der Waals surface area (Å²) in [6.45, 7) is 8.63. The van der Waals surface area contributed by atoms with Crippen LogP contribution in [-0.2, 0) is 4.79 Å². The fourth-order valence-electron chi connectivity index (χ4n) is 2.14. The minimum atomic E-state index is 0.252. The number of rotatable bonds is 6. The number of hydrogen-bond acceptors (Lipinski definition) is 3. The van der Waals surface area contributed by atoms with Gasteiger partial charge in [0, 0.05) is 45.1 Å². The molecule has 1 heterocycles. The molecule has 1 rings (SSSR count). The molecule has 1 unspecified atom stereocenters. The number of carbonyl (C=O) groups is 1. The Morgan fingerprint density at radius 1 is 1.33 bits per heavy atom. The summed E-state index contributed by atoms with van der Waals surface area (Å²) in [6, 6.07) is 0. The smallest absolute Gasteiger partial charge is 0.222 e. The monoisotopic (exact) mass is 271 g/mol. The van der Waals surface area contributed by atoms with Crippen LogP contribution in [0.25, 0.3) is 0 Å². The van der Waals surface area contributed by atoms with Gasteiger partial charge in [-0.2, -0.15) is 0 Å². The molecule has 0 saturated carbocycles. The average molecular weight is 271 g/mol. The van der Waals surface area contributed by atoms with Crippen molar-refractivity contribution < 1.29 is 4.79 Å². The van der Waals surface area contributed by atoms with Crippen LogP contribution in [0, 0.1) is 5.92 Å². The van der Waals surface area contributed by atoms with Gasteiger partial charge in [-0.25, -0.2) is 0 Å². The van der Waals surface area contributed by atoms with Crippen molar-refractivity contribution in [1.82, 2.24) is 9.80 Å². The number of piperazine rings is 1. The Labute approximate surface area is 115 Å². The van der Waals surface area contributed by atoms with Crippen molar-refractivity contribution in [3.63, 3.8) is 0 Å². The summed E-state index contributed by atoms with van der Waals surface area (Å²) in [6.07, 6.45) is 2.77. The first-order valence-electron chi connectivity index (χ1n) is 6.84. The Morgan fingerprint density at radius 2 is 1.94 bits per heavy atom. The maximum absolute atomic E-state index is 11.9. The lowest BCUT2D eigenvalue weighted by Crippen LogP contribution is -2.50. The van der Waals surface area contributed by atoms with E-state index in [-0.39, 0.29) is 5.92 Å². The van der Waals surface area contributed by atoms with Crippen LogP contribution in [0.1, 0.15) is 33.1 Å². The first-order valence-corrected chi connectivity index (χ1v) is 7.24. The maximum Gasteiger partial charge on any atom is 0.222 e. The van der Waals surface area contributed by atoms with Gasteiger partial charge >= 0.3 is 0 Å². The molecule has 1 aliphatic rings. The summed E-state index contributed by atoms with van der Waals surface area (Å²) in [5, 5.41) is 0. The van der Waals surface area contributed by atoms with E-state index in [0.717, 1.165) is 45.6 Å². The van der Waals surface area contributed by atoms with E-state index in [0.29, 0.717) is 17.3 Å². The molecule has 18 heavy (non-hydrogen) atoms. The van der Waals surface area contributed by atoms with Crippen molar-refractivity contribution in [1.29, 1.82) is 0 Å². The van der Waals surface area contributed by atoms with Gasteiger partial charge in [-0.15, -0.1) is 0 Å². The molecule has 1 amide bonds. The first-order chi connectivity index (χ1) is 8.54. The Balaban J connectivity index is 2.28. The van der Waals surface area contributed by atoms with Gasteiger partial charge in [-0.1, -0.05) is 32.5 Å². The van der Waals surface area contributed by atoms with E-state index in [4.69, 9.17) is 18.0 Å². The largest absolute Gasteiger partial charge is 0.393 e. The molecule has 0 aromatic heterocycles. The van der Waals surface area contributed by atoms with E-state index >= 15 is 0 Å². The predicted octanol–water partition coefficient (Wildman–Crippen LogP) is 1.24. The van der Waals surface area contributed by atoms with Crippen LogP contribution >= 0.6 is 12.2 Å². The van der Waals surface area contributed by atoms with Crippen LogP contribution in [0.3, 0.4) is 0 Å². The second kappa shape index (κ2) is 7.69. The lowest BCUT2D eigenvalue weighted by molar-refractivity contribution is -0.133. The number of nitrogens with two attached hydrogens (primary N) is 1. The Kier molecular flexibility index (Phi) is 6.57. The fraction of sp³-hybridized carbons (Fsp3) is 0.846. The normalized spacial score (nSPS) is 18.7. The topological polar surface area (TPSA) is 49.6 Å². The van der Waals surface area contributed by atoms with E-state index in [1.165, 1.54) is 0 Å². The maximum atomic E-state index is 11.9. The van der Waals surface area contributed by atoms with Crippen LogP contribution in [0.4, 0.5) is 0 Å². The number of thiocarbonyl (C=S) groups is 1. The zero-order valence-corrected chi connectivity index (χ0v) is 12.3. The van der Waals surface area contributed by atoms with Gasteiger partial charge in [0.25, 0.3) is 0 Å². The molecule has 4 nitrogen and oxygen atoms in total. The lowest BCUT2D eigenvalue weighted by Gasteiger charge is -2.35. The summed E-state index contributed by atoms with van der Waals surface area (Å²) in [7, 11) is 0. The Hall–Kier alpha value is -0.680. The van der Waals surface area contributed by atoms with Crippen molar-refractivity contribution in [2.75, 3.05) is 32.7 Å². The van der Waals surface area contributed by atoms with Crippen LogP contribution in [0.2, 0.25) is 0 Å². The molecule has 1 aliphatic heterocycles. The number of unbranched alkanes of at least 4 members (excludes halogenated alkanes) is 1. The minimum absolute atomic E-state index is 0.252. The second-order valence-electron chi connectivity index (χ2n) is 5.09. The highest BCUT2D eigenvalue weighted by molar-refractivity contribution is 7.80. The summed E-state index contributed by atoms with van der Waals surface area (Å²) >= 11 is 4.99. The van der Waals surface area contributed by atoms with Gasteiger partial charge in [-0.05, 0) is 6.42 Å². The zero-order valence-electron chi connectivity index (χ0n) is 11.5. The molecule has 0 aromatic carbocycles. The van der Waals surface area contributed by atoms with Gasteiger partial charge in [0.2, 0.25) is 5.91 Å². The first kappa shape index (κ1) is 15.4. The van der Waals surface area contributed by atoms with Crippen LogP contribution in [-0.4, -0.2) is 53.4 Å². The number of nitrogens with zero attached hydrogens (tertiary/aromatic N) is 2. The average Bonchev–Trinajstić information content (AvgIpc) is 2.36. The predicted molar refractivity (Wildman–Crippen MR) is 78.5 cm³/mol. The Morgan fingerprint density at radius 3 is 2.44 bits per heavy atom. The lowest BCUT2D eigenvalue weighted by atomic mass is 10.1. The van der Waals surface area contributed by atoms with Gasteiger partial charge < -0.3 is 10.6 Å². The molecule has 0 radical (unpaired) electrons. The van der Waals surface area contributed by atoms with E-state index in [1.807, 2.05) is 4.90 Å². The second-order valence-corrected chi connectivity index (χ2v) is 5.56. The molecule has 0 bridgehead atoms. The third-order valence-electron chi connectivity index (χ3n) is 3.49. The van der Waals surface area contributed by atoms with Crippen LogP contribution < -0.4 is 5.73 Å². The molecule has 104 valence electrons. The quantitative estimate of drug-likeness (QED) is 0.739. The minimum Gasteiger partial charge on any atom is -0.393 e. The third kappa shape index (κ3) is 4.90. The van der Waals surface area contributed by atoms with Gasteiger partial charge in [0.15, 0.2) is 0 Å². The highest BCUT2D eigenvalue weighted by Crippen LogP contribution is 2.08. The molecule has 0 spiro atoms. The molecule has 0 aromatic rings. The van der Waals surface area contributed by atoms with Crippen LogP contribution in [0.15, 0.2) is 0 Å². The van der Waals surface area contributed by atoms with E-state index in [2.05, 4.69) is 18.7 Å². The number of carbonyl (C=O) groups excluding carboxylic acids is 1. The molecule has 5 heteroatoms. The SMILES string of the molecule is CCCCC(=O)N1CCN(CC(C)C(N)=S)CC1. The highest BCUT2D eigenvalue weighted by atomic mass is 32.1. The zero-order chi connectivity index (χ0) is 13.5.